The molecular weight excluding hydrogens is 228 g/mol. The van der Waals surface area contributed by atoms with Crippen LogP contribution in [0.3, 0.4) is 0 Å². The van der Waals surface area contributed by atoms with Gasteiger partial charge < -0.3 is 10.2 Å². The number of nitrogens with one attached hydrogen (secondary N) is 1. The SMILES string of the molecule is CCSC1CCC(NCC2CCN(C)CC2)C1. The molecule has 100 valence electrons. The Bertz CT molecular complexity index is 214. The molecule has 2 atom stereocenters. The van der Waals surface area contributed by atoms with Crippen molar-refractivity contribution in [3.63, 3.8) is 0 Å². The van der Waals surface area contributed by atoms with E-state index in [2.05, 4.69) is 35.9 Å². The first-order valence-corrected chi connectivity index (χ1v) is 8.36. The highest BCUT2D eigenvalue weighted by molar-refractivity contribution is 7.99. The number of hydrogen-bond donors (Lipinski definition) is 1. The first-order valence-electron chi connectivity index (χ1n) is 7.31. The van der Waals surface area contributed by atoms with E-state index in [0.29, 0.717) is 0 Å². The molecule has 3 heteroatoms. The van der Waals surface area contributed by atoms with Crippen LogP contribution < -0.4 is 5.32 Å². The lowest BCUT2D eigenvalue weighted by atomic mass is 9.97. The number of rotatable bonds is 5. The van der Waals surface area contributed by atoms with Gasteiger partial charge in [0.05, 0.1) is 0 Å². The van der Waals surface area contributed by atoms with Gasteiger partial charge in [-0.3, -0.25) is 0 Å². The molecule has 0 radical (unpaired) electrons. The highest BCUT2D eigenvalue weighted by atomic mass is 32.2. The third-order valence-electron chi connectivity index (χ3n) is 4.32. The van der Waals surface area contributed by atoms with Crippen LogP contribution in [0.25, 0.3) is 0 Å². The van der Waals surface area contributed by atoms with E-state index in [-0.39, 0.29) is 0 Å². The Morgan fingerprint density at radius 3 is 2.65 bits per heavy atom. The maximum absolute atomic E-state index is 3.82. The fourth-order valence-corrected chi connectivity index (χ4v) is 4.25. The fourth-order valence-electron chi connectivity index (χ4n) is 3.11. The second kappa shape index (κ2) is 7.01. The van der Waals surface area contributed by atoms with Crippen molar-refractivity contribution in [3.8, 4) is 0 Å². The zero-order valence-corrected chi connectivity index (χ0v) is 12.3. The molecule has 1 aliphatic carbocycles. The predicted molar refractivity (Wildman–Crippen MR) is 77.8 cm³/mol. The topological polar surface area (TPSA) is 15.3 Å². The van der Waals surface area contributed by atoms with Crippen LogP contribution in [0.5, 0.6) is 0 Å². The average Bonchev–Trinajstić information content (AvgIpc) is 2.77. The number of likely N-dealkylation sites (tertiary alicyclic amines) is 1. The van der Waals surface area contributed by atoms with Gasteiger partial charge in [0.15, 0.2) is 0 Å². The molecule has 2 nitrogen and oxygen atoms in total. The van der Waals surface area contributed by atoms with Gasteiger partial charge in [-0.2, -0.15) is 11.8 Å². The molecule has 2 aliphatic rings. The van der Waals surface area contributed by atoms with Crippen molar-refractivity contribution in [2.45, 2.75) is 50.3 Å². The highest BCUT2D eigenvalue weighted by Crippen LogP contribution is 2.30. The van der Waals surface area contributed by atoms with E-state index in [1.807, 2.05) is 0 Å². The molecule has 0 aromatic rings. The van der Waals surface area contributed by atoms with Gasteiger partial charge in [0, 0.05) is 11.3 Å². The van der Waals surface area contributed by atoms with Crippen LogP contribution in [-0.4, -0.2) is 48.6 Å². The molecule has 0 spiro atoms. The van der Waals surface area contributed by atoms with Crippen molar-refractivity contribution in [1.29, 1.82) is 0 Å². The molecule has 0 aromatic heterocycles. The number of piperidine rings is 1. The van der Waals surface area contributed by atoms with Crippen molar-refractivity contribution < 1.29 is 0 Å². The molecule has 0 amide bonds. The van der Waals surface area contributed by atoms with Crippen LogP contribution in [0.15, 0.2) is 0 Å². The van der Waals surface area contributed by atoms with E-state index < -0.39 is 0 Å². The van der Waals surface area contributed by atoms with Gasteiger partial charge in [-0.05, 0) is 70.5 Å². The minimum absolute atomic E-state index is 0.818. The molecule has 17 heavy (non-hydrogen) atoms. The second-order valence-corrected chi connectivity index (χ2v) is 7.32. The van der Waals surface area contributed by atoms with Crippen LogP contribution >= 0.6 is 11.8 Å². The molecule has 2 unspecified atom stereocenters. The van der Waals surface area contributed by atoms with Crippen LogP contribution in [0, 0.1) is 5.92 Å². The predicted octanol–water partition coefficient (Wildman–Crippen LogP) is 2.59. The zero-order chi connectivity index (χ0) is 12.1. The Morgan fingerprint density at radius 2 is 1.94 bits per heavy atom. The molecule has 0 bridgehead atoms. The molecule has 0 aromatic carbocycles. The van der Waals surface area contributed by atoms with E-state index >= 15 is 0 Å². The molecule has 1 aliphatic heterocycles. The van der Waals surface area contributed by atoms with E-state index in [4.69, 9.17) is 0 Å². The summed E-state index contributed by atoms with van der Waals surface area (Å²) in [5.41, 5.74) is 0. The average molecular weight is 256 g/mol. The highest BCUT2D eigenvalue weighted by Gasteiger charge is 2.25. The van der Waals surface area contributed by atoms with Crippen LogP contribution in [0.1, 0.15) is 39.0 Å². The first kappa shape index (κ1) is 13.7. The third-order valence-corrected chi connectivity index (χ3v) is 5.55. The van der Waals surface area contributed by atoms with Gasteiger partial charge in [-0.25, -0.2) is 0 Å². The molecular formula is C14H28N2S. The van der Waals surface area contributed by atoms with Gasteiger partial charge in [-0.15, -0.1) is 0 Å². The lowest BCUT2D eigenvalue weighted by Gasteiger charge is -2.29. The normalized spacial score (nSPS) is 32.1. The zero-order valence-electron chi connectivity index (χ0n) is 11.5. The van der Waals surface area contributed by atoms with Crippen LogP contribution in [0.2, 0.25) is 0 Å². The smallest absolute Gasteiger partial charge is 0.00781 e. The molecule has 1 saturated carbocycles. The Morgan fingerprint density at radius 1 is 1.18 bits per heavy atom. The Labute approximate surface area is 111 Å². The summed E-state index contributed by atoms with van der Waals surface area (Å²) >= 11 is 2.16. The lowest BCUT2D eigenvalue weighted by Crippen LogP contribution is -2.37. The Hall–Kier alpha value is 0.270. The van der Waals surface area contributed by atoms with Crippen molar-refractivity contribution in [2.75, 3.05) is 32.4 Å². The molecule has 1 saturated heterocycles. The van der Waals surface area contributed by atoms with Crippen LogP contribution in [-0.2, 0) is 0 Å². The van der Waals surface area contributed by atoms with Crippen molar-refractivity contribution in [3.05, 3.63) is 0 Å². The largest absolute Gasteiger partial charge is 0.314 e. The summed E-state index contributed by atoms with van der Waals surface area (Å²) in [6.07, 6.45) is 7.03. The van der Waals surface area contributed by atoms with Crippen LogP contribution in [0.4, 0.5) is 0 Å². The summed E-state index contributed by atoms with van der Waals surface area (Å²) in [5.74, 6) is 2.22. The summed E-state index contributed by atoms with van der Waals surface area (Å²) in [4.78, 5) is 2.46. The number of hydrogen-bond acceptors (Lipinski definition) is 3. The summed E-state index contributed by atoms with van der Waals surface area (Å²) < 4.78 is 0. The lowest BCUT2D eigenvalue weighted by molar-refractivity contribution is 0.212. The van der Waals surface area contributed by atoms with Crippen molar-refractivity contribution >= 4 is 11.8 Å². The summed E-state index contributed by atoms with van der Waals surface area (Å²) in [7, 11) is 2.24. The molecule has 1 heterocycles. The van der Waals surface area contributed by atoms with Gasteiger partial charge in [-0.1, -0.05) is 6.92 Å². The molecule has 1 N–H and O–H groups in total. The minimum atomic E-state index is 0.818. The molecule has 2 fully saturated rings. The van der Waals surface area contributed by atoms with Gasteiger partial charge in [0.1, 0.15) is 0 Å². The standard InChI is InChI=1S/C14H28N2S/c1-3-17-14-5-4-13(10-14)15-11-12-6-8-16(2)9-7-12/h12-15H,3-11H2,1-2H3. The number of thioether (sulfide) groups is 1. The third kappa shape index (κ3) is 4.46. The van der Waals surface area contributed by atoms with E-state index in [1.165, 1.54) is 57.5 Å². The Kier molecular flexibility index (Phi) is 5.64. The maximum Gasteiger partial charge on any atom is 0.00781 e. The van der Waals surface area contributed by atoms with E-state index in [9.17, 15) is 0 Å². The van der Waals surface area contributed by atoms with Gasteiger partial charge >= 0.3 is 0 Å². The van der Waals surface area contributed by atoms with E-state index in [1.54, 1.807) is 0 Å². The summed E-state index contributed by atoms with van der Waals surface area (Å²) in [6.45, 7) is 6.14. The molecule has 2 rings (SSSR count). The summed E-state index contributed by atoms with van der Waals surface area (Å²) in [6, 6.07) is 0.818. The van der Waals surface area contributed by atoms with E-state index in [0.717, 1.165) is 17.2 Å². The summed E-state index contributed by atoms with van der Waals surface area (Å²) in [5, 5.41) is 4.76. The van der Waals surface area contributed by atoms with Gasteiger partial charge in [0.2, 0.25) is 0 Å². The fraction of sp³-hybridized carbons (Fsp3) is 1.00. The number of nitrogens with zero attached hydrogens (tertiary/aromatic N) is 1. The monoisotopic (exact) mass is 256 g/mol. The Balaban J connectivity index is 1.59. The second-order valence-electron chi connectivity index (χ2n) is 5.74. The van der Waals surface area contributed by atoms with Gasteiger partial charge in [0.25, 0.3) is 0 Å². The minimum Gasteiger partial charge on any atom is -0.314 e. The quantitative estimate of drug-likeness (QED) is 0.814. The maximum atomic E-state index is 3.82. The van der Waals surface area contributed by atoms with Crippen molar-refractivity contribution in [2.24, 2.45) is 5.92 Å². The first-order chi connectivity index (χ1) is 8.28. The van der Waals surface area contributed by atoms with Crippen molar-refractivity contribution in [1.82, 2.24) is 10.2 Å².